The molecule has 16 heavy (non-hydrogen) atoms. The van der Waals surface area contributed by atoms with Gasteiger partial charge >= 0.3 is 0 Å². The average molecular weight is 224 g/mol. The zero-order valence-electron chi connectivity index (χ0n) is 11.0. The third kappa shape index (κ3) is 3.46. The molecule has 0 aromatic heterocycles. The minimum Gasteiger partial charge on any atom is -0.314 e. The first-order valence-corrected chi connectivity index (χ1v) is 7.16. The predicted molar refractivity (Wildman–Crippen MR) is 69.7 cm³/mol. The van der Waals surface area contributed by atoms with E-state index < -0.39 is 0 Å². The van der Waals surface area contributed by atoms with Crippen LogP contribution in [0.25, 0.3) is 0 Å². The molecular formula is C14H28N2. The van der Waals surface area contributed by atoms with Gasteiger partial charge in [0, 0.05) is 11.6 Å². The highest BCUT2D eigenvalue weighted by molar-refractivity contribution is 4.88. The molecule has 2 unspecified atom stereocenters. The summed E-state index contributed by atoms with van der Waals surface area (Å²) in [5, 5.41) is 7.39. The van der Waals surface area contributed by atoms with Gasteiger partial charge in [0.15, 0.2) is 0 Å². The van der Waals surface area contributed by atoms with Crippen molar-refractivity contribution in [1.29, 1.82) is 0 Å². The number of piperidine rings is 1. The van der Waals surface area contributed by atoms with E-state index in [1.807, 2.05) is 0 Å². The molecule has 1 aliphatic heterocycles. The van der Waals surface area contributed by atoms with E-state index in [4.69, 9.17) is 0 Å². The highest BCUT2D eigenvalue weighted by atomic mass is 15.0. The number of hydrogen-bond acceptors (Lipinski definition) is 2. The van der Waals surface area contributed by atoms with Crippen LogP contribution in [0, 0.1) is 5.92 Å². The Balaban J connectivity index is 1.73. The minimum atomic E-state index is 0.451. The van der Waals surface area contributed by atoms with Crippen LogP contribution >= 0.6 is 0 Å². The summed E-state index contributed by atoms with van der Waals surface area (Å²) < 4.78 is 0. The van der Waals surface area contributed by atoms with Crippen LogP contribution in [-0.4, -0.2) is 24.7 Å². The molecule has 1 saturated carbocycles. The summed E-state index contributed by atoms with van der Waals surface area (Å²) >= 11 is 0. The summed E-state index contributed by atoms with van der Waals surface area (Å²) in [7, 11) is 0. The van der Waals surface area contributed by atoms with E-state index in [-0.39, 0.29) is 0 Å². The molecule has 2 aliphatic rings. The van der Waals surface area contributed by atoms with Crippen molar-refractivity contribution in [3.05, 3.63) is 0 Å². The summed E-state index contributed by atoms with van der Waals surface area (Å²) in [4.78, 5) is 0. The monoisotopic (exact) mass is 224 g/mol. The molecule has 0 amide bonds. The zero-order chi connectivity index (χ0) is 11.4. The first kappa shape index (κ1) is 12.4. The maximum Gasteiger partial charge on any atom is 0.0153 e. The summed E-state index contributed by atoms with van der Waals surface area (Å²) in [6.07, 6.45) is 9.76. The molecule has 0 aromatic rings. The molecule has 2 atom stereocenters. The largest absolute Gasteiger partial charge is 0.314 e. The molecule has 1 aliphatic carbocycles. The van der Waals surface area contributed by atoms with E-state index >= 15 is 0 Å². The van der Waals surface area contributed by atoms with Crippen molar-refractivity contribution in [2.24, 2.45) is 5.92 Å². The molecule has 2 N–H and O–H groups in total. The topological polar surface area (TPSA) is 24.1 Å². The van der Waals surface area contributed by atoms with Crippen LogP contribution in [-0.2, 0) is 0 Å². The van der Waals surface area contributed by atoms with E-state index in [9.17, 15) is 0 Å². The van der Waals surface area contributed by atoms with Crippen LogP contribution in [0.4, 0.5) is 0 Å². The number of rotatable bonds is 3. The molecule has 0 radical (unpaired) electrons. The lowest BCUT2D eigenvalue weighted by Crippen LogP contribution is -2.48. The molecule has 0 bridgehead atoms. The fraction of sp³-hybridized carbons (Fsp3) is 1.00. The second-order valence-corrected chi connectivity index (χ2v) is 6.25. The van der Waals surface area contributed by atoms with Gasteiger partial charge in [0.2, 0.25) is 0 Å². The lowest BCUT2D eigenvalue weighted by Gasteiger charge is -2.37. The van der Waals surface area contributed by atoms with Crippen molar-refractivity contribution in [2.45, 2.75) is 70.4 Å². The van der Waals surface area contributed by atoms with Gasteiger partial charge in [-0.25, -0.2) is 0 Å². The van der Waals surface area contributed by atoms with Crippen LogP contribution in [0.3, 0.4) is 0 Å². The van der Waals surface area contributed by atoms with E-state index in [1.165, 1.54) is 58.0 Å². The van der Waals surface area contributed by atoms with Gasteiger partial charge in [-0.1, -0.05) is 19.3 Å². The molecule has 94 valence electrons. The van der Waals surface area contributed by atoms with Gasteiger partial charge in [0.05, 0.1) is 0 Å². The Labute approximate surface area is 101 Å². The molecule has 0 aromatic carbocycles. The average Bonchev–Trinajstić information content (AvgIpc) is 2.28. The molecule has 2 heteroatoms. The molecule has 1 saturated heterocycles. The summed E-state index contributed by atoms with van der Waals surface area (Å²) in [5.74, 6) is 0.898. The van der Waals surface area contributed by atoms with Crippen molar-refractivity contribution < 1.29 is 0 Å². The van der Waals surface area contributed by atoms with Crippen LogP contribution < -0.4 is 10.6 Å². The Morgan fingerprint density at radius 1 is 1.25 bits per heavy atom. The lowest BCUT2D eigenvalue weighted by molar-refractivity contribution is 0.218. The quantitative estimate of drug-likeness (QED) is 0.770. The molecule has 2 nitrogen and oxygen atoms in total. The third-order valence-electron chi connectivity index (χ3n) is 4.51. The highest BCUT2D eigenvalue weighted by Crippen LogP contribution is 2.28. The maximum atomic E-state index is 3.86. The Morgan fingerprint density at radius 3 is 2.69 bits per heavy atom. The molecule has 2 fully saturated rings. The standard InChI is InChI=1S/C14H28N2/c1-12-10-13(6-9-15-12)11-16-14(2)7-4-3-5-8-14/h12-13,15-16H,3-11H2,1-2H3. The van der Waals surface area contributed by atoms with Crippen molar-refractivity contribution in [3.8, 4) is 0 Å². The fourth-order valence-electron chi connectivity index (χ4n) is 3.32. The maximum absolute atomic E-state index is 3.86. The van der Waals surface area contributed by atoms with Gasteiger partial charge in [-0.15, -0.1) is 0 Å². The second kappa shape index (κ2) is 5.50. The van der Waals surface area contributed by atoms with Gasteiger partial charge in [-0.05, 0) is 58.5 Å². The minimum absolute atomic E-state index is 0.451. The number of hydrogen-bond donors (Lipinski definition) is 2. The summed E-state index contributed by atoms with van der Waals surface area (Å²) in [6, 6.07) is 0.722. The molecule has 1 heterocycles. The van der Waals surface area contributed by atoms with Gasteiger partial charge in [-0.2, -0.15) is 0 Å². The van der Waals surface area contributed by atoms with E-state index in [2.05, 4.69) is 24.5 Å². The van der Waals surface area contributed by atoms with Gasteiger partial charge in [0.25, 0.3) is 0 Å². The Hall–Kier alpha value is -0.0800. The van der Waals surface area contributed by atoms with Crippen LogP contribution in [0.5, 0.6) is 0 Å². The number of nitrogens with one attached hydrogen (secondary N) is 2. The molecule has 0 spiro atoms. The first-order valence-electron chi connectivity index (χ1n) is 7.16. The predicted octanol–water partition coefficient (Wildman–Crippen LogP) is 2.69. The zero-order valence-corrected chi connectivity index (χ0v) is 11.0. The Bertz CT molecular complexity index is 209. The van der Waals surface area contributed by atoms with Crippen molar-refractivity contribution in [3.63, 3.8) is 0 Å². The van der Waals surface area contributed by atoms with Gasteiger partial charge in [-0.3, -0.25) is 0 Å². The first-order chi connectivity index (χ1) is 7.68. The van der Waals surface area contributed by atoms with Crippen molar-refractivity contribution in [2.75, 3.05) is 13.1 Å². The van der Waals surface area contributed by atoms with Crippen LogP contribution in [0.1, 0.15) is 58.8 Å². The Morgan fingerprint density at radius 2 is 2.00 bits per heavy atom. The van der Waals surface area contributed by atoms with Crippen molar-refractivity contribution in [1.82, 2.24) is 10.6 Å². The van der Waals surface area contributed by atoms with Gasteiger partial charge < -0.3 is 10.6 Å². The fourth-order valence-corrected chi connectivity index (χ4v) is 3.32. The van der Waals surface area contributed by atoms with Crippen LogP contribution in [0.2, 0.25) is 0 Å². The van der Waals surface area contributed by atoms with E-state index in [0.717, 1.165) is 12.0 Å². The third-order valence-corrected chi connectivity index (χ3v) is 4.51. The molecular weight excluding hydrogens is 196 g/mol. The van der Waals surface area contributed by atoms with E-state index in [0.29, 0.717) is 5.54 Å². The second-order valence-electron chi connectivity index (χ2n) is 6.25. The van der Waals surface area contributed by atoms with E-state index in [1.54, 1.807) is 0 Å². The normalized spacial score (nSPS) is 34.9. The van der Waals surface area contributed by atoms with Crippen molar-refractivity contribution >= 4 is 0 Å². The summed E-state index contributed by atoms with van der Waals surface area (Å²) in [6.45, 7) is 7.19. The highest BCUT2D eigenvalue weighted by Gasteiger charge is 2.27. The Kier molecular flexibility index (Phi) is 4.26. The molecule has 2 rings (SSSR count). The van der Waals surface area contributed by atoms with Crippen LogP contribution in [0.15, 0.2) is 0 Å². The lowest BCUT2D eigenvalue weighted by atomic mass is 9.82. The smallest absolute Gasteiger partial charge is 0.0153 e. The summed E-state index contributed by atoms with van der Waals surface area (Å²) in [5.41, 5.74) is 0.451. The van der Waals surface area contributed by atoms with Gasteiger partial charge in [0.1, 0.15) is 0 Å². The SMILES string of the molecule is CC1CC(CNC2(C)CCCCC2)CCN1.